The molecule has 1 aromatic rings. The minimum Gasteiger partial charge on any atom is -0.384 e. The van der Waals surface area contributed by atoms with Gasteiger partial charge in [-0.2, -0.15) is 4.31 Å². The summed E-state index contributed by atoms with van der Waals surface area (Å²) in [5, 5.41) is 0. The highest BCUT2D eigenvalue weighted by Crippen LogP contribution is 2.37. The van der Waals surface area contributed by atoms with Crippen molar-refractivity contribution < 1.29 is 22.7 Å². The zero-order valence-corrected chi connectivity index (χ0v) is 17.1. The zero-order valence-electron chi connectivity index (χ0n) is 16.3. The molecular formula is C20H25N3O5S. The van der Waals surface area contributed by atoms with Gasteiger partial charge in [0.15, 0.2) is 0 Å². The van der Waals surface area contributed by atoms with E-state index in [9.17, 15) is 18.0 Å². The summed E-state index contributed by atoms with van der Waals surface area (Å²) >= 11 is 0. The molecule has 0 radical (unpaired) electrons. The van der Waals surface area contributed by atoms with E-state index < -0.39 is 28.0 Å². The van der Waals surface area contributed by atoms with Crippen LogP contribution in [-0.4, -0.2) is 68.3 Å². The molecule has 2 unspecified atom stereocenters. The average molecular weight is 420 g/mol. The molecule has 2 heterocycles. The van der Waals surface area contributed by atoms with E-state index in [-0.39, 0.29) is 28.8 Å². The van der Waals surface area contributed by atoms with Gasteiger partial charge in [-0.3, -0.25) is 9.59 Å². The number of piperidine rings is 1. The Labute approximate surface area is 171 Å². The van der Waals surface area contributed by atoms with Gasteiger partial charge in [-0.05, 0) is 37.5 Å². The van der Waals surface area contributed by atoms with Crippen LogP contribution in [0.2, 0.25) is 0 Å². The van der Waals surface area contributed by atoms with Gasteiger partial charge in [-0.25, -0.2) is 8.42 Å². The Morgan fingerprint density at radius 3 is 2.79 bits per heavy atom. The van der Waals surface area contributed by atoms with Gasteiger partial charge in [0.2, 0.25) is 21.8 Å². The maximum Gasteiger partial charge on any atom is 0.248 e. The average Bonchev–Trinajstić information content (AvgIpc) is 2.77. The number of primary amides is 1. The third-order valence-corrected chi connectivity index (χ3v) is 7.49. The molecule has 2 aliphatic rings. The predicted octanol–water partition coefficient (Wildman–Crippen LogP) is 0.435. The van der Waals surface area contributed by atoms with E-state index in [0.717, 1.165) is 6.42 Å². The molecule has 0 aliphatic carbocycles. The maximum atomic E-state index is 13.6. The van der Waals surface area contributed by atoms with E-state index in [1.807, 2.05) is 0 Å². The summed E-state index contributed by atoms with van der Waals surface area (Å²) in [5.74, 6) is 1.27. The number of sulfonamides is 1. The minimum absolute atomic E-state index is 0.0555. The number of benzene rings is 1. The van der Waals surface area contributed by atoms with Crippen LogP contribution in [0.5, 0.6) is 0 Å². The molecule has 29 heavy (non-hydrogen) atoms. The molecule has 2 aliphatic heterocycles. The Bertz CT molecular complexity index is 940. The van der Waals surface area contributed by atoms with Crippen molar-refractivity contribution >= 4 is 21.8 Å². The quantitative estimate of drug-likeness (QED) is 0.673. The van der Waals surface area contributed by atoms with E-state index in [2.05, 4.69) is 5.92 Å². The second-order valence-corrected chi connectivity index (χ2v) is 9.22. The van der Waals surface area contributed by atoms with Crippen LogP contribution in [0.25, 0.3) is 0 Å². The number of rotatable bonds is 6. The first-order valence-electron chi connectivity index (χ1n) is 9.45. The lowest BCUT2D eigenvalue weighted by atomic mass is 9.91. The third-order valence-electron chi connectivity index (χ3n) is 5.56. The van der Waals surface area contributed by atoms with Gasteiger partial charge in [-0.1, -0.05) is 12.0 Å². The monoisotopic (exact) mass is 419 g/mol. The lowest BCUT2D eigenvalue weighted by Crippen LogP contribution is -2.55. The molecule has 2 N–H and O–H groups in total. The van der Waals surface area contributed by atoms with E-state index >= 15 is 0 Å². The summed E-state index contributed by atoms with van der Waals surface area (Å²) in [4.78, 5) is 26.2. The van der Waals surface area contributed by atoms with Gasteiger partial charge in [0.25, 0.3) is 0 Å². The molecule has 0 saturated carbocycles. The SMILES string of the molecule is C#CCN1C[C@H](COC)C2CCCC(C1=O)N2S(=O)(=O)c1cccc(C(N)=O)c1. The van der Waals surface area contributed by atoms with Gasteiger partial charge < -0.3 is 15.4 Å². The number of carbonyl (C=O) groups is 2. The van der Waals surface area contributed by atoms with Crippen LogP contribution >= 0.6 is 0 Å². The number of nitrogens with two attached hydrogens (primary N) is 1. The first-order valence-corrected chi connectivity index (χ1v) is 10.9. The van der Waals surface area contributed by atoms with Crippen LogP contribution < -0.4 is 5.73 Å². The van der Waals surface area contributed by atoms with Crippen LogP contribution in [0.3, 0.4) is 0 Å². The van der Waals surface area contributed by atoms with Gasteiger partial charge in [0.1, 0.15) is 6.04 Å². The van der Waals surface area contributed by atoms with E-state index in [4.69, 9.17) is 16.9 Å². The number of fused-ring (bicyclic) bond motifs is 2. The Morgan fingerprint density at radius 1 is 1.38 bits per heavy atom. The summed E-state index contributed by atoms with van der Waals surface area (Å²) in [7, 11) is -2.50. The van der Waals surface area contributed by atoms with Crippen molar-refractivity contribution in [2.45, 2.75) is 36.2 Å². The van der Waals surface area contributed by atoms with Crippen molar-refractivity contribution in [2.75, 3.05) is 26.8 Å². The predicted molar refractivity (Wildman–Crippen MR) is 106 cm³/mol. The standard InChI is InChI=1S/C20H25N3O5S/c1-3-10-22-12-15(13-28-2)17-8-5-9-18(20(22)25)23(17)29(26,27)16-7-4-6-14(11-16)19(21)24/h1,4,6-7,11,15,17-18H,5,8-10,12-13H2,2H3,(H2,21,24)/t15-,17?,18?/m1/s1. The molecule has 156 valence electrons. The number of nitrogens with zero attached hydrogens (tertiary/aromatic N) is 2. The fourth-order valence-electron chi connectivity index (χ4n) is 4.30. The lowest BCUT2D eigenvalue weighted by Gasteiger charge is -2.40. The number of terminal acetylenes is 1. The fourth-order valence-corrected chi connectivity index (χ4v) is 6.23. The van der Waals surface area contributed by atoms with Crippen molar-refractivity contribution in [3.8, 4) is 12.3 Å². The van der Waals surface area contributed by atoms with Crippen molar-refractivity contribution in [1.29, 1.82) is 0 Å². The zero-order chi connectivity index (χ0) is 21.2. The summed E-state index contributed by atoms with van der Waals surface area (Å²) in [6, 6.07) is 4.37. The van der Waals surface area contributed by atoms with Crippen LogP contribution in [0.15, 0.2) is 29.2 Å². The summed E-state index contributed by atoms with van der Waals surface area (Å²) in [6.45, 7) is 0.762. The van der Waals surface area contributed by atoms with Crippen molar-refractivity contribution in [2.24, 2.45) is 11.7 Å². The van der Waals surface area contributed by atoms with E-state index in [1.165, 1.54) is 28.6 Å². The molecule has 3 rings (SSSR count). The van der Waals surface area contributed by atoms with Crippen LogP contribution in [0.4, 0.5) is 0 Å². The number of carbonyl (C=O) groups excluding carboxylic acids is 2. The van der Waals surface area contributed by atoms with Crippen molar-refractivity contribution in [3.63, 3.8) is 0 Å². The summed E-state index contributed by atoms with van der Waals surface area (Å²) in [6.07, 6.45) is 7.21. The molecule has 2 fully saturated rings. The number of ether oxygens (including phenoxy) is 1. The molecule has 8 nitrogen and oxygen atoms in total. The van der Waals surface area contributed by atoms with E-state index in [1.54, 1.807) is 12.0 Å². The normalized spacial score (nSPS) is 25.3. The minimum atomic E-state index is -4.05. The first kappa shape index (κ1) is 21.3. The topological polar surface area (TPSA) is 110 Å². The maximum absolute atomic E-state index is 13.6. The lowest BCUT2D eigenvalue weighted by molar-refractivity contribution is -0.134. The number of hydrogen-bond acceptors (Lipinski definition) is 5. The highest BCUT2D eigenvalue weighted by Gasteiger charge is 2.49. The Kier molecular flexibility index (Phi) is 6.27. The Hall–Kier alpha value is -2.41. The largest absolute Gasteiger partial charge is 0.384 e. The third kappa shape index (κ3) is 4.01. The van der Waals surface area contributed by atoms with Gasteiger partial charge in [0, 0.05) is 31.2 Å². The second-order valence-electron chi connectivity index (χ2n) is 7.38. The molecule has 1 aromatic carbocycles. The number of hydrogen-bond donors (Lipinski definition) is 1. The molecule has 2 saturated heterocycles. The van der Waals surface area contributed by atoms with Crippen molar-refractivity contribution in [3.05, 3.63) is 29.8 Å². The Balaban J connectivity index is 2.10. The molecule has 0 spiro atoms. The first-order chi connectivity index (χ1) is 13.8. The number of methoxy groups -OCH3 is 1. The molecular weight excluding hydrogens is 394 g/mol. The Morgan fingerprint density at radius 2 is 2.14 bits per heavy atom. The molecule has 2 amide bonds. The van der Waals surface area contributed by atoms with Gasteiger partial charge in [-0.15, -0.1) is 6.42 Å². The van der Waals surface area contributed by atoms with Crippen molar-refractivity contribution in [1.82, 2.24) is 9.21 Å². The van der Waals surface area contributed by atoms with Crippen LogP contribution in [0.1, 0.15) is 29.6 Å². The summed E-state index contributed by atoms with van der Waals surface area (Å²) < 4.78 is 33.9. The molecule has 9 heteroatoms. The fraction of sp³-hybridized carbons (Fsp3) is 0.500. The second kappa shape index (κ2) is 8.53. The van der Waals surface area contributed by atoms with Crippen LogP contribution in [0, 0.1) is 18.3 Å². The number of amides is 2. The molecule has 0 aromatic heterocycles. The van der Waals surface area contributed by atoms with Gasteiger partial charge >= 0.3 is 0 Å². The van der Waals surface area contributed by atoms with Gasteiger partial charge in [0.05, 0.1) is 18.0 Å². The highest BCUT2D eigenvalue weighted by molar-refractivity contribution is 7.89. The smallest absolute Gasteiger partial charge is 0.248 e. The van der Waals surface area contributed by atoms with E-state index in [0.29, 0.717) is 26.0 Å². The summed E-state index contributed by atoms with van der Waals surface area (Å²) in [5.41, 5.74) is 5.41. The highest BCUT2D eigenvalue weighted by atomic mass is 32.2. The van der Waals surface area contributed by atoms with Crippen LogP contribution in [-0.2, 0) is 19.6 Å². The molecule has 2 bridgehead atoms. The molecule has 3 atom stereocenters.